The Kier molecular flexibility index (Phi) is 10.3. The van der Waals surface area contributed by atoms with Crippen molar-refractivity contribution in [3.8, 4) is 0 Å². The summed E-state index contributed by atoms with van der Waals surface area (Å²) in [5.74, 6) is -0.491. The smallest absolute Gasteiger partial charge is 0.310 e. The minimum atomic E-state index is -0.309. The molecule has 4 nitrogen and oxygen atoms in total. The Balaban J connectivity index is 3.32. The van der Waals surface area contributed by atoms with Gasteiger partial charge in [-0.1, -0.05) is 26.3 Å². The Hall–Kier alpha value is -1.32. The van der Waals surface area contributed by atoms with Crippen LogP contribution in [-0.2, 0) is 19.1 Å². The summed E-state index contributed by atoms with van der Waals surface area (Å²) in [5, 5.41) is 0. The van der Waals surface area contributed by atoms with Crippen LogP contribution in [-0.4, -0.2) is 18.5 Å². The summed E-state index contributed by atoms with van der Waals surface area (Å²) >= 11 is 0. The lowest BCUT2D eigenvalue weighted by Gasteiger charge is -2.03. The molecule has 0 radical (unpaired) electrons. The lowest BCUT2D eigenvalue weighted by Crippen LogP contribution is -2.06. The van der Waals surface area contributed by atoms with Gasteiger partial charge in [0.1, 0.15) is 0 Å². The van der Waals surface area contributed by atoms with Gasteiger partial charge in [0, 0.05) is 12.8 Å². The van der Waals surface area contributed by atoms with Crippen LogP contribution in [0.5, 0.6) is 0 Å². The molecule has 0 rings (SSSR count). The zero-order valence-electron chi connectivity index (χ0n) is 10.6. The molecule has 98 valence electrons. The first kappa shape index (κ1) is 15.7. The first-order valence-electron chi connectivity index (χ1n) is 6.16. The molecule has 0 aliphatic carbocycles. The van der Waals surface area contributed by atoms with Gasteiger partial charge in [-0.3, -0.25) is 9.59 Å². The predicted octanol–water partition coefficient (Wildman–Crippen LogP) is 2.97. The van der Waals surface area contributed by atoms with Crippen molar-refractivity contribution in [2.24, 2.45) is 0 Å². The number of hydrogen-bond donors (Lipinski definition) is 0. The third-order valence-electron chi connectivity index (χ3n) is 2.24. The first-order valence-corrected chi connectivity index (χ1v) is 6.16. The predicted molar refractivity (Wildman–Crippen MR) is 65.2 cm³/mol. The van der Waals surface area contributed by atoms with Crippen molar-refractivity contribution in [2.45, 2.75) is 51.9 Å². The van der Waals surface area contributed by atoms with Gasteiger partial charge in [-0.15, -0.1) is 0 Å². The van der Waals surface area contributed by atoms with Gasteiger partial charge >= 0.3 is 11.9 Å². The van der Waals surface area contributed by atoms with Crippen molar-refractivity contribution in [1.82, 2.24) is 0 Å². The molecule has 0 aromatic heterocycles. The van der Waals surface area contributed by atoms with E-state index < -0.39 is 0 Å². The van der Waals surface area contributed by atoms with Crippen LogP contribution in [0.1, 0.15) is 51.9 Å². The second kappa shape index (κ2) is 11.2. The van der Waals surface area contributed by atoms with Crippen LogP contribution < -0.4 is 0 Å². The highest BCUT2D eigenvalue weighted by Gasteiger charge is 2.04. The third kappa shape index (κ3) is 11.0. The number of rotatable bonds is 10. The van der Waals surface area contributed by atoms with E-state index >= 15 is 0 Å². The van der Waals surface area contributed by atoms with Crippen LogP contribution in [0.2, 0.25) is 0 Å². The molecule has 0 saturated heterocycles. The van der Waals surface area contributed by atoms with Crippen molar-refractivity contribution in [3.63, 3.8) is 0 Å². The summed E-state index contributed by atoms with van der Waals surface area (Å²) in [6.07, 6.45) is 6.21. The summed E-state index contributed by atoms with van der Waals surface area (Å²) in [7, 11) is 0. The van der Waals surface area contributed by atoms with E-state index in [1.54, 1.807) is 0 Å². The van der Waals surface area contributed by atoms with Gasteiger partial charge in [0.15, 0.2) is 0 Å². The van der Waals surface area contributed by atoms with E-state index in [0.29, 0.717) is 32.3 Å². The quantitative estimate of drug-likeness (QED) is 0.336. The van der Waals surface area contributed by atoms with E-state index in [2.05, 4.69) is 18.2 Å². The number of hydrogen-bond acceptors (Lipinski definition) is 4. The number of ether oxygens (including phenoxy) is 2. The van der Waals surface area contributed by atoms with Gasteiger partial charge in [0.2, 0.25) is 0 Å². The number of carbonyl (C=O) groups is 2. The van der Waals surface area contributed by atoms with Crippen LogP contribution in [0, 0.1) is 0 Å². The van der Waals surface area contributed by atoms with E-state index in [9.17, 15) is 9.59 Å². The van der Waals surface area contributed by atoms with Gasteiger partial charge < -0.3 is 9.47 Å². The second-order valence-electron chi connectivity index (χ2n) is 3.79. The summed E-state index contributed by atoms with van der Waals surface area (Å²) in [5.41, 5.74) is 0. The molecule has 0 aromatic rings. The minimum Gasteiger partial charge on any atom is -0.466 e. The highest BCUT2D eigenvalue weighted by atomic mass is 16.5. The average molecular weight is 242 g/mol. The van der Waals surface area contributed by atoms with Crippen molar-refractivity contribution in [3.05, 3.63) is 12.8 Å². The largest absolute Gasteiger partial charge is 0.466 e. The zero-order chi connectivity index (χ0) is 12.9. The zero-order valence-corrected chi connectivity index (χ0v) is 10.6. The summed E-state index contributed by atoms with van der Waals surface area (Å²) < 4.78 is 9.58. The lowest BCUT2D eigenvalue weighted by molar-refractivity contribution is -0.144. The maximum atomic E-state index is 11.2. The van der Waals surface area contributed by atoms with Gasteiger partial charge in [-0.05, 0) is 19.3 Å². The van der Waals surface area contributed by atoms with Crippen LogP contribution in [0.3, 0.4) is 0 Å². The fourth-order valence-electron chi connectivity index (χ4n) is 1.30. The summed E-state index contributed by atoms with van der Waals surface area (Å²) in [6, 6.07) is 0. The molecule has 0 aromatic carbocycles. The van der Waals surface area contributed by atoms with Crippen molar-refractivity contribution >= 4 is 11.9 Å². The van der Waals surface area contributed by atoms with Gasteiger partial charge in [0.25, 0.3) is 0 Å². The molecular formula is C13H22O4. The van der Waals surface area contributed by atoms with Crippen LogP contribution >= 0.6 is 0 Å². The van der Waals surface area contributed by atoms with E-state index in [0.717, 1.165) is 25.5 Å². The highest BCUT2D eigenvalue weighted by molar-refractivity contribution is 5.70. The molecule has 0 atom stereocenters. The maximum absolute atomic E-state index is 11.2. The monoisotopic (exact) mass is 242 g/mol. The number of carbonyl (C=O) groups excluding carboxylic acids is 2. The second-order valence-corrected chi connectivity index (χ2v) is 3.79. The first-order chi connectivity index (χ1) is 8.20. The standard InChI is InChI=1S/C13H22O4/c1-3-5-8-11-17-13(15)10-7-6-9-12(14)16-4-2/h4H,2-3,5-11H2,1H3. The normalized spacial score (nSPS) is 9.71. The molecule has 17 heavy (non-hydrogen) atoms. The molecule has 0 heterocycles. The Morgan fingerprint density at radius 3 is 2.29 bits per heavy atom. The summed E-state index contributed by atoms with van der Waals surface area (Å²) in [6.45, 7) is 5.90. The minimum absolute atomic E-state index is 0.182. The highest BCUT2D eigenvalue weighted by Crippen LogP contribution is 2.04. The number of esters is 2. The third-order valence-corrected chi connectivity index (χ3v) is 2.24. The van der Waals surface area contributed by atoms with Crippen molar-refractivity contribution < 1.29 is 19.1 Å². The fourth-order valence-corrected chi connectivity index (χ4v) is 1.30. The maximum Gasteiger partial charge on any atom is 0.310 e. The summed E-state index contributed by atoms with van der Waals surface area (Å²) in [4.78, 5) is 22.1. The molecule has 0 bridgehead atoms. The van der Waals surface area contributed by atoms with E-state index in [4.69, 9.17) is 4.74 Å². The SMILES string of the molecule is C=COC(=O)CCCCC(=O)OCCCCC. The molecule has 0 spiro atoms. The molecular weight excluding hydrogens is 220 g/mol. The Morgan fingerprint density at radius 2 is 1.71 bits per heavy atom. The molecule has 0 N–H and O–H groups in total. The fraction of sp³-hybridized carbons (Fsp3) is 0.692. The van der Waals surface area contributed by atoms with Crippen LogP contribution in [0.25, 0.3) is 0 Å². The number of unbranched alkanes of at least 4 members (excludes halogenated alkanes) is 3. The average Bonchev–Trinajstić information content (AvgIpc) is 2.31. The van der Waals surface area contributed by atoms with Gasteiger partial charge in [-0.25, -0.2) is 0 Å². The Bertz CT molecular complexity index is 236. The molecule has 0 amide bonds. The van der Waals surface area contributed by atoms with Crippen LogP contribution in [0.4, 0.5) is 0 Å². The lowest BCUT2D eigenvalue weighted by atomic mass is 10.2. The van der Waals surface area contributed by atoms with Crippen molar-refractivity contribution in [1.29, 1.82) is 0 Å². The Labute approximate surface area is 103 Å². The topological polar surface area (TPSA) is 52.6 Å². The Morgan fingerprint density at radius 1 is 1.06 bits per heavy atom. The molecule has 4 heteroatoms. The molecule has 0 aliphatic rings. The van der Waals surface area contributed by atoms with Crippen LogP contribution in [0.15, 0.2) is 12.8 Å². The molecule has 0 unspecified atom stereocenters. The van der Waals surface area contributed by atoms with Gasteiger partial charge in [0.05, 0.1) is 12.9 Å². The van der Waals surface area contributed by atoms with Crippen molar-refractivity contribution in [2.75, 3.05) is 6.61 Å². The van der Waals surface area contributed by atoms with Gasteiger partial charge in [-0.2, -0.15) is 0 Å². The van der Waals surface area contributed by atoms with E-state index in [-0.39, 0.29) is 11.9 Å². The molecule has 0 saturated carbocycles. The molecule has 0 fully saturated rings. The molecule has 0 aliphatic heterocycles. The van der Waals surface area contributed by atoms with E-state index in [1.165, 1.54) is 0 Å². The van der Waals surface area contributed by atoms with E-state index in [1.807, 2.05) is 0 Å².